The molecule has 4 rings (SSSR count). The molecule has 2 aromatic heterocycles. The Bertz CT molecular complexity index is 1080. The van der Waals surface area contributed by atoms with Gasteiger partial charge in [-0.25, -0.2) is 9.37 Å². The van der Waals surface area contributed by atoms with E-state index in [9.17, 15) is 9.65 Å². The number of rotatable bonds is 10. The van der Waals surface area contributed by atoms with E-state index < -0.39 is 5.82 Å². The van der Waals surface area contributed by atoms with Gasteiger partial charge in [0.05, 0.1) is 47.3 Å². The lowest BCUT2D eigenvalue weighted by Crippen LogP contribution is -2.42. The molecular formula is C27H36ClFN6O2. The largest absolute Gasteiger partial charge is 0.383 e. The Morgan fingerprint density at radius 3 is 2.73 bits per heavy atom. The van der Waals surface area contributed by atoms with Gasteiger partial charge in [0.25, 0.3) is 0 Å². The highest BCUT2D eigenvalue weighted by atomic mass is 35.5. The second kappa shape index (κ2) is 13.3. The maximum atomic E-state index is 14.1. The molecule has 0 amide bonds. The molecule has 0 spiro atoms. The van der Waals surface area contributed by atoms with Crippen molar-refractivity contribution in [1.82, 2.24) is 15.3 Å². The van der Waals surface area contributed by atoms with E-state index in [2.05, 4.69) is 38.9 Å². The minimum absolute atomic E-state index is 0.0199. The number of anilines is 2. The van der Waals surface area contributed by atoms with Gasteiger partial charge < -0.3 is 25.4 Å². The second-order valence-corrected chi connectivity index (χ2v) is 10.4. The lowest BCUT2D eigenvalue weighted by atomic mass is 9.90. The van der Waals surface area contributed by atoms with Gasteiger partial charge >= 0.3 is 0 Å². The Morgan fingerprint density at radius 2 is 1.97 bits per heavy atom. The summed E-state index contributed by atoms with van der Waals surface area (Å²) in [5.41, 5.74) is 1.74. The summed E-state index contributed by atoms with van der Waals surface area (Å²) >= 11 is 6.53. The van der Waals surface area contributed by atoms with Crippen LogP contribution in [0.15, 0.2) is 24.5 Å². The minimum atomic E-state index is -0.445. The van der Waals surface area contributed by atoms with Crippen molar-refractivity contribution in [2.24, 2.45) is 5.92 Å². The lowest BCUT2D eigenvalue weighted by molar-refractivity contribution is 0.0105. The van der Waals surface area contributed by atoms with E-state index in [1.165, 1.54) is 12.3 Å². The van der Waals surface area contributed by atoms with Crippen LogP contribution in [0, 0.1) is 23.1 Å². The van der Waals surface area contributed by atoms with Crippen LogP contribution in [0.2, 0.25) is 5.02 Å². The SMILES string of the molecule is COC[C@@H](C)NC1CCC(Nc2cc(-c3ncc(F)cc3NCC3CC(C#N)CCO3)c(Cl)cn2)CC1. The Balaban J connectivity index is 1.42. The quantitative estimate of drug-likeness (QED) is 0.393. The van der Waals surface area contributed by atoms with Gasteiger partial charge in [-0.2, -0.15) is 5.26 Å². The van der Waals surface area contributed by atoms with Crippen molar-refractivity contribution in [3.05, 3.63) is 35.4 Å². The van der Waals surface area contributed by atoms with E-state index in [0.29, 0.717) is 72.1 Å². The first-order chi connectivity index (χ1) is 17.9. The van der Waals surface area contributed by atoms with Gasteiger partial charge in [0.15, 0.2) is 0 Å². The molecule has 0 aromatic carbocycles. The van der Waals surface area contributed by atoms with Crippen molar-refractivity contribution in [3.8, 4) is 17.3 Å². The fraction of sp³-hybridized carbons (Fsp3) is 0.593. The molecule has 1 saturated carbocycles. The number of halogens is 2. The predicted octanol–water partition coefficient (Wildman–Crippen LogP) is 5.01. The van der Waals surface area contributed by atoms with Crippen molar-refractivity contribution >= 4 is 23.1 Å². The number of hydrogen-bond donors (Lipinski definition) is 3. The molecule has 2 aromatic rings. The Hall–Kier alpha value is -2.51. The molecule has 2 fully saturated rings. The molecule has 0 radical (unpaired) electrons. The maximum absolute atomic E-state index is 14.1. The maximum Gasteiger partial charge on any atom is 0.143 e. The highest BCUT2D eigenvalue weighted by Crippen LogP contribution is 2.34. The second-order valence-electron chi connectivity index (χ2n) is 10.0. The average Bonchev–Trinajstić information content (AvgIpc) is 2.90. The van der Waals surface area contributed by atoms with E-state index in [4.69, 9.17) is 21.1 Å². The molecule has 3 N–H and O–H groups in total. The number of ether oxygens (including phenoxy) is 2. The van der Waals surface area contributed by atoms with Gasteiger partial charge in [-0.3, -0.25) is 4.98 Å². The molecular weight excluding hydrogens is 495 g/mol. The summed E-state index contributed by atoms with van der Waals surface area (Å²) in [5.74, 6) is 0.251. The Kier molecular flexibility index (Phi) is 9.92. The highest BCUT2D eigenvalue weighted by Gasteiger charge is 2.24. The number of pyridine rings is 2. The number of nitrogens with zero attached hydrogens (tertiary/aromatic N) is 3. The van der Waals surface area contributed by atoms with E-state index >= 15 is 0 Å². The summed E-state index contributed by atoms with van der Waals surface area (Å²) in [6.07, 6.45) is 8.28. The lowest BCUT2D eigenvalue weighted by Gasteiger charge is -2.32. The zero-order valence-corrected chi connectivity index (χ0v) is 22.2. The molecule has 200 valence electrons. The van der Waals surface area contributed by atoms with Crippen LogP contribution in [0.1, 0.15) is 45.4 Å². The van der Waals surface area contributed by atoms with Gasteiger partial charge in [0.1, 0.15) is 11.6 Å². The number of nitrogens with one attached hydrogen (secondary N) is 3. The van der Waals surface area contributed by atoms with Gasteiger partial charge in [-0.1, -0.05) is 11.6 Å². The fourth-order valence-electron chi connectivity index (χ4n) is 5.17. The van der Waals surface area contributed by atoms with Crippen LogP contribution < -0.4 is 16.0 Å². The molecule has 10 heteroatoms. The van der Waals surface area contributed by atoms with Gasteiger partial charge in [-0.05, 0) is 51.5 Å². The topological polar surface area (TPSA) is 104 Å². The van der Waals surface area contributed by atoms with Crippen LogP contribution in [0.3, 0.4) is 0 Å². The number of methoxy groups -OCH3 is 1. The summed E-state index contributed by atoms with van der Waals surface area (Å²) in [6, 6.07) is 6.75. The summed E-state index contributed by atoms with van der Waals surface area (Å²) in [6.45, 7) is 3.85. The highest BCUT2D eigenvalue weighted by molar-refractivity contribution is 6.33. The van der Waals surface area contributed by atoms with Crippen molar-refractivity contribution in [3.63, 3.8) is 0 Å². The summed E-state index contributed by atoms with van der Waals surface area (Å²) in [4.78, 5) is 8.84. The fourth-order valence-corrected chi connectivity index (χ4v) is 5.36. The van der Waals surface area contributed by atoms with Gasteiger partial charge in [0.2, 0.25) is 0 Å². The van der Waals surface area contributed by atoms with Gasteiger partial charge in [-0.15, -0.1) is 0 Å². The standard InChI is InChI=1S/C27H36ClFN6O2/c1-17(16-36-2)34-20-3-5-21(6-4-20)35-26-11-23(24(28)15-32-26)27-25(10-19(29)13-33-27)31-14-22-9-18(12-30)7-8-37-22/h10-11,13,15,17-18,20-22,31,34H,3-9,14,16H2,1-2H3,(H,32,35)/t17-,18?,20?,21?,22?/m1/s1. The smallest absolute Gasteiger partial charge is 0.143 e. The normalized spacial score (nSPS) is 24.7. The van der Waals surface area contributed by atoms with Crippen LogP contribution in [-0.2, 0) is 9.47 Å². The number of nitriles is 1. The van der Waals surface area contributed by atoms with Crippen molar-refractivity contribution in [2.45, 2.75) is 69.7 Å². The predicted molar refractivity (Wildman–Crippen MR) is 143 cm³/mol. The van der Waals surface area contributed by atoms with Crippen LogP contribution in [0.25, 0.3) is 11.3 Å². The third-order valence-corrected chi connectivity index (χ3v) is 7.35. The number of aromatic nitrogens is 2. The van der Waals surface area contributed by atoms with E-state index in [1.807, 2.05) is 6.07 Å². The Morgan fingerprint density at radius 1 is 1.19 bits per heavy atom. The summed E-state index contributed by atoms with van der Waals surface area (Å²) in [7, 11) is 1.73. The van der Waals surface area contributed by atoms with Crippen LogP contribution in [0.4, 0.5) is 15.9 Å². The monoisotopic (exact) mass is 530 g/mol. The number of hydrogen-bond acceptors (Lipinski definition) is 8. The Labute approximate surface area is 223 Å². The van der Waals surface area contributed by atoms with E-state index in [0.717, 1.165) is 32.1 Å². The first-order valence-electron chi connectivity index (χ1n) is 13.0. The molecule has 1 aliphatic heterocycles. The van der Waals surface area contributed by atoms with E-state index in [-0.39, 0.29) is 12.0 Å². The molecule has 3 atom stereocenters. The van der Waals surface area contributed by atoms with Crippen LogP contribution in [0.5, 0.6) is 0 Å². The van der Waals surface area contributed by atoms with Gasteiger partial charge in [0, 0.05) is 56.2 Å². The first kappa shape index (κ1) is 27.5. The zero-order valence-electron chi connectivity index (χ0n) is 21.5. The molecule has 3 heterocycles. The van der Waals surface area contributed by atoms with Crippen molar-refractivity contribution in [2.75, 3.05) is 37.5 Å². The van der Waals surface area contributed by atoms with Crippen LogP contribution in [-0.4, -0.2) is 61.1 Å². The zero-order chi connectivity index (χ0) is 26.2. The molecule has 2 aliphatic rings. The molecule has 0 bridgehead atoms. The minimum Gasteiger partial charge on any atom is -0.383 e. The van der Waals surface area contributed by atoms with Crippen LogP contribution >= 0.6 is 11.6 Å². The average molecular weight is 531 g/mol. The first-order valence-corrected chi connectivity index (χ1v) is 13.4. The molecule has 1 saturated heterocycles. The third kappa shape index (κ3) is 7.74. The summed E-state index contributed by atoms with van der Waals surface area (Å²) in [5, 5.41) is 20.1. The molecule has 8 nitrogen and oxygen atoms in total. The van der Waals surface area contributed by atoms with Crippen molar-refractivity contribution < 1.29 is 13.9 Å². The third-order valence-electron chi connectivity index (χ3n) is 7.05. The molecule has 37 heavy (non-hydrogen) atoms. The van der Waals surface area contributed by atoms with Crippen molar-refractivity contribution in [1.29, 1.82) is 5.26 Å². The van der Waals surface area contributed by atoms with E-state index in [1.54, 1.807) is 13.3 Å². The summed E-state index contributed by atoms with van der Waals surface area (Å²) < 4.78 is 25.2. The molecule has 1 aliphatic carbocycles. The molecule has 2 unspecified atom stereocenters.